The Balaban J connectivity index is 2.38. The maximum absolute atomic E-state index is 11.9. The van der Waals surface area contributed by atoms with E-state index in [1.54, 1.807) is 24.3 Å². The number of ether oxygens (including phenoxy) is 1. The summed E-state index contributed by atoms with van der Waals surface area (Å²) in [5.41, 5.74) is 0.802. The Bertz CT molecular complexity index is 550. The molecule has 0 spiro atoms. The molecule has 1 aliphatic rings. The molecule has 1 aliphatic heterocycles. The Labute approximate surface area is 111 Å². The largest absolute Gasteiger partial charge is 0.468 e. The molecule has 1 fully saturated rings. The van der Waals surface area contributed by atoms with Crippen LogP contribution in [-0.4, -0.2) is 32.5 Å². The van der Waals surface area contributed by atoms with Gasteiger partial charge in [-0.15, -0.1) is 0 Å². The van der Waals surface area contributed by atoms with Crippen LogP contribution in [0.4, 0.5) is 0 Å². The number of sulfone groups is 1. The Hall–Kier alpha value is -1.07. The summed E-state index contributed by atoms with van der Waals surface area (Å²) < 4.78 is 28.4. The van der Waals surface area contributed by atoms with E-state index in [0.717, 1.165) is 5.56 Å². The van der Waals surface area contributed by atoms with Crippen LogP contribution in [0.1, 0.15) is 17.9 Å². The number of rotatable bonds is 2. The molecule has 1 aromatic carbocycles. The molecule has 0 unspecified atom stereocenters. The SMILES string of the molecule is COC(=O)[C@@H]1[C@@H](c2ccc(Cl)cc2)CCS1(=O)=O. The standard InChI is InChI=1S/C12H13ClO4S/c1-17-12(14)11-10(6-7-18(11,15)16)8-2-4-9(13)5-3-8/h2-5,10-11H,6-7H2,1H3/t10-,11+/m1/s1. The van der Waals surface area contributed by atoms with Gasteiger partial charge >= 0.3 is 5.97 Å². The lowest BCUT2D eigenvalue weighted by molar-refractivity contribution is -0.140. The molecule has 1 saturated heterocycles. The Morgan fingerprint density at radius 2 is 1.94 bits per heavy atom. The number of carbonyl (C=O) groups excluding carboxylic acids is 1. The van der Waals surface area contributed by atoms with E-state index in [4.69, 9.17) is 11.6 Å². The number of methoxy groups -OCH3 is 1. The topological polar surface area (TPSA) is 60.4 Å². The van der Waals surface area contributed by atoms with Crippen molar-refractivity contribution in [3.63, 3.8) is 0 Å². The van der Waals surface area contributed by atoms with Gasteiger partial charge < -0.3 is 4.74 Å². The van der Waals surface area contributed by atoms with Crippen molar-refractivity contribution in [1.29, 1.82) is 0 Å². The molecule has 0 aliphatic carbocycles. The molecule has 0 radical (unpaired) electrons. The zero-order valence-corrected chi connectivity index (χ0v) is 11.4. The predicted octanol–water partition coefficient (Wildman–Crippen LogP) is 1.78. The Kier molecular flexibility index (Phi) is 3.64. The van der Waals surface area contributed by atoms with E-state index in [0.29, 0.717) is 11.4 Å². The third-order valence-corrected chi connectivity index (χ3v) is 5.55. The molecule has 2 rings (SSSR count). The second kappa shape index (κ2) is 4.90. The van der Waals surface area contributed by atoms with Gasteiger partial charge in [0.15, 0.2) is 15.1 Å². The molecule has 0 saturated carbocycles. The summed E-state index contributed by atoms with van der Waals surface area (Å²) in [7, 11) is -2.21. The van der Waals surface area contributed by atoms with E-state index < -0.39 is 21.1 Å². The second-order valence-electron chi connectivity index (χ2n) is 4.26. The third kappa shape index (κ3) is 2.37. The number of halogens is 1. The zero-order chi connectivity index (χ0) is 13.3. The van der Waals surface area contributed by atoms with E-state index in [1.165, 1.54) is 7.11 Å². The number of hydrogen-bond acceptors (Lipinski definition) is 4. The number of hydrogen-bond donors (Lipinski definition) is 0. The summed E-state index contributed by atoms with van der Waals surface area (Å²) >= 11 is 5.79. The molecule has 1 aromatic rings. The first-order valence-electron chi connectivity index (χ1n) is 5.50. The minimum atomic E-state index is -3.41. The van der Waals surface area contributed by atoms with Gasteiger partial charge in [0.1, 0.15) is 0 Å². The quantitative estimate of drug-likeness (QED) is 0.779. The van der Waals surface area contributed by atoms with Crippen molar-refractivity contribution in [3.05, 3.63) is 34.9 Å². The molecular formula is C12H13ClO4S. The molecule has 0 N–H and O–H groups in total. The minimum absolute atomic E-state index is 0.0139. The van der Waals surface area contributed by atoms with Gasteiger partial charge in [-0.1, -0.05) is 23.7 Å². The summed E-state index contributed by atoms with van der Waals surface area (Å²) in [6.45, 7) is 0. The van der Waals surface area contributed by atoms with Gasteiger partial charge in [-0.25, -0.2) is 8.42 Å². The lowest BCUT2D eigenvalue weighted by Gasteiger charge is -2.16. The lowest BCUT2D eigenvalue weighted by Crippen LogP contribution is -2.31. The van der Waals surface area contributed by atoms with Gasteiger partial charge in [-0.3, -0.25) is 4.79 Å². The number of benzene rings is 1. The van der Waals surface area contributed by atoms with Gasteiger partial charge in [0.25, 0.3) is 0 Å². The van der Waals surface area contributed by atoms with Gasteiger partial charge in [-0.2, -0.15) is 0 Å². The first-order valence-corrected chi connectivity index (χ1v) is 7.60. The Morgan fingerprint density at radius 3 is 2.50 bits per heavy atom. The predicted molar refractivity (Wildman–Crippen MR) is 68.4 cm³/mol. The van der Waals surface area contributed by atoms with Gasteiger partial charge in [-0.05, 0) is 24.1 Å². The minimum Gasteiger partial charge on any atom is -0.468 e. The van der Waals surface area contributed by atoms with Crippen LogP contribution in [0.25, 0.3) is 0 Å². The van der Waals surface area contributed by atoms with Crippen LogP contribution in [0, 0.1) is 0 Å². The number of esters is 1. The summed E-state index contributed by atoms with van der Waals surface area (Å²) in [5.74, 6) is -1.02. The first kappa shape index (κ1) is 13.4. The van der Waals surface area contributed by atoms with Crippen LogP contribution in [-0.2, 0) is 19.4 Å². The summed E-state index contributed by atoms with van der Waals surface area (Å²) in [6, 6.07) is 6.89. The molecule has 2 atom stereocenters. The van der Waals surface area contributed by atoms with Crippen LogP contribution >= 0.6 is 11.6 Å². The molecule has 18 heavy (non-hydrogen) atoms. The zero-order valence-electron chi connectivity index (χ0n) is 9.80. The average Bonchev–Trinajstić information content (AvgIpc) is 2.65. The molecule has 98 valence electrons. The Morgan fingerprint density at radius 1 is 1.33 bits per heavy atom. The highest BCUT2D eigenvalue weighted by atomic mass is 35.5. The molecule has 4 nitrogen and oxygen atoms in total. The summed E-state index contributed by atoms with van der Waals surface area (Å²) in [6.07, 6.45) is 0.434. The summed E-state index contributed by atoms with van der Waals surface area (Å²) in [5, 5.41) is -0.516. The highest BCUT2D eigenvalue weighted by Crippen LogP contribution is 2.36. The van der Waals surface area contributed by atoms with E-state index in [-0.39, 0.29) is 11.7 Å². The highest BCUT2D eigenvalue weighted by molar-refractivity contribution is 7.93. The summed E-state index contributed by atoms with van der Waals surface area (Å²) in [4.78, 5) is 11.7. The van der Waals surface area contributed by atoms with E-state index in [1.807, 2.05) is 0 Å². The van der Waals surface area contributed by atoms with Crippen LogP contribution < -0.4 is 0 Å². The van der Waals surface area contributed by atoms with Crippen molar-refractivity contribution < 1.29 is 17.9 Å². The maximum Gasteiger partial charge on any atom is 0.324 e. The molecule has 0 bridgehead atoms. The van der Waals surface area contributed by atoms with Crippen LogP contribution in [0.5, 0.6) is 0 Å². The van der Waals surface area contributed by atoms with Crippen LogP contribution in [0.2, 0.25) is 5.02 Å². The van der Waals surface area contributed by atoms with Crippen molar-refractivity contribution in [1.82, 2.24) is 0 Å². The van der Waals surface area contributed by atoms with Gasteiger partial charge in [0.05, 0.1) is 12.9 Å². The fraction of sp³-hybridized carbons (Fsp3) is 0.417. The molecular weight excluding hydrogens is 276 g/mol. The first-order chi connectivity index (χ1) is 8.45. The monoisotopic (exact) mass is 288 g/mol. The smallest absolute Gasteiger partial charge is 0.324 e. The second-order valence-corrected chi connectivity index (χ2v) is 6.94. The van der Waals surface area contributed by atoms with Gasteiger partial charge in [0.2, 0.25) is 0 Å². The number of carbonyl (C=O) groups is 1. The third-order valence-electron chi connectivity index (χ3n) is 3.20. The molecule has 0 amide bonds. The van der Waals surface area contributed by atoms with Crippen molar-refractivity contribution in [2.75, 3.05) is 12.9 Å². The maximum atomic E-state index is 11.9. The van der Waals surface area contributed by atoms with E-state index in [9.17, 15) is 13.2 Å². The molecule has 0 aromatic heterocycles. The normalized spacial score (nSPS) is 25.9. The fourth-order valence-corrected chi connectivity index (χ4v) is 4.44. The van der Waals surface area contributed by atoms with Crippen molar-refractivity contribution in [2.45, 2.75) is 17.6 Å². The van der Waals surface area contributed by atoms with Crippen molar-refractivity contribution in [3.8, 4) is 0 Å². The van der Waals surface area contributed by atoms with Crippen LogP contribution in [0.15, 0.2) is 24.3 Å². The van der Waals surface area contributed by atoms with Gasteiger partial charge in [0, 0.05) is 10.9 Å². The molecule has 6 heteroatoms. The fourth-order valence-electron chi connectivity index (χ4n) is 2.30. The van der Waals surface area contributed by atoms with Crippen molar-refractivity contribution >= 4 is 27.4 Å². The highest BCUT2D eigenvalue weighted by Gasteiger charge is 2.46. The van der Waals surface area contributed by atoms with Crippen molar-refractivity contribution in [2.24, 2.45) is 0 Å². The molecule has 1 heterocycles. The lowest BCUT2D eigenvalue weighted by atomic mass is 9.93. The van der Waals surface area contributed by atoms with Crippen LogP contribution in [0.3, 0.4) is 0 Å². The van der Waals surface area contributed by atoms with E-state index in [2.05, 4.69) is 4.74 Å². The average molecular weight is 289 g/mol. The van der Waals surface area contributed by atoms with E-state index >= 15 is 0 Å².